The summed E-state index contributed by atoms with van der Waals surface area (Å²) in [5, 5.41) is 11.8. The molecule has 126 valence electrons. The topological polar surface area (TPSA) is 75.6 Å². The molecule has 2 N–H and O–H groups in total. The SMILES string of the molecule is CC(C)(C)OC(=O)NC1C2CC(C(=O)O)CC1CC(F)(F)C2. The van der Waals surface area contributed by atoms with Crippen molar-refractivity contribution in [3.8, 4) is 0 Å². The van der Waals surface area contributed by atoms with Gasteiger partial charge in [0.1, 0.15) is 5.60 Å². The van der Waals surface area contributed by atoms with Gasteiger partial charge < -0.3 is 15.2 Å². The second-order valence-electron chi connectivity index (χ2n) is 7.46. The molecular formula is C15H23F2NO4. The van der Waals surface area contributed by atoms with E-state index in [1.165, 1.54) is 0 Å². The van der Waals surface area contributed by atoms with Gasteiger partial charge in [0, 0.05) is 18.9 Å². The molecule has 2 fully saturated rings. The van der Waals surface area contributed by atoms with Crippen LogP contribution in [0.25, 0.3) is 0 Å². The lowest BCUT2D eigenvalue weighted by Gasteiger charge is -2.47. The molecule has 1 amide bonds. The molecule has 0 aromatic heterocycles. The van der Waals surface area contributed by atoms with Gasteiger partial charge in [0.25, 0.3) is 0 Å². The van der Waals surface area contributed by atoms with Crippen molar-refractivity contribution < 1.29 is 28.2 Å². The lowest BCUT2D eigenvalue weighted by molar-refractivity contribution is -0.151. The number of amides is 1. The number of halogens is 2. The third-order valence-corrected chi connectivity index (χ3v) is 4.34. The van der Waals surface area contributed by atoms with E-state index < -0.39 is 47.4 Å². The van der Waals surface area contributed by atoms with Gasteiger partial charge in [-0.25, -0.2) is 13.6 Å². The largest absolute Gasteiger partial charge is 0.481 e. The number of rotatable bonds is 2. The minimum atomic E-state index is -2.79. The van der Waals surface area contributed by atoms with Gasteiger partial charge in [-0.05, 0) is 45.4 Å². The number of ether oxygens (including phenoxy) is 1. The summed E-state index contributed by atoms with van der Waals surface area (Å²) in [5.41, 5.74) is -0.665. The summed E-state index contributed by atoms with van der Waals surface area (Å²) in [4.78, 5) is 23.1. The van der Waals surface area contributed by atoms with Crippen molar-refractivity contribution in [1.82, 2.24) is 5.32 Å². The summed E-state index contributed by atoms with van der Waals surface area (Å²) in [6.45, 7) is 5.18. The first kappa shape index (κ1) is 17.0. The maximum Gasteiger partial charge on any atom is 0.407 e. The Labute approximate surface area is 128 Å². The van der Waals surface area contributed by atoms with Crippen LogP contribution in [0.3, 0.4) is 0 Å². The summed E-state index contributed by atoms with van der Waals surface area (Å²) in [6.07, 6.45) is -1.06. The maximum atomic E-state index is 13.7. The van der Waals surface area contributed by atoms with Crippen molar-refractivity contribution in [2.75, 3.05) is 0 Å². The monoisotopic (exact) mass is 319 g/mol. The van der Waals surface area contributed by atoms with E-state index in [1.54, 1.807) is 20.8 Å². The van der Waals surface area contributed by atoms with Crippen LogP contribution >= 0.6 is 0 Å². The van der Waals surface area contributed by atoms with Crippen LogP contribution < -0.4 is 5.32 Å². The van der Waals surface area contributed by atoms with Gasteiger partial charge >= 0.3 is 12.1 Å². The Morgan fingerprint density at radius 3 is 2.09 bits per heavy atom. The van der Waals surface area contributed by atoms with Gasteiger partial charge in [-0.2, -0.15) is 0 Å². The summed E-state index contributed by atoms with van der Waals surface area (Å²) in [7, 11) is 0. The van der Waals surface area contributed by atoms with Crippen LogP contribution in [0, 0.1) is 17.8 Å². The van der Waals surface area contributed by atoms with E-state index in [1.807, 2.05) is 0 Å². The molecule has 2 rings (SSSR count). The third kappa shape index (κ3) is 4.08. The first-order valence-corrected chi connectivity index (χ1v) is 7.57. The van der Waals surface area contributed by atoms with Crippen LogP contribution in [-0.2, 0) is 9.53 Å². The molecule has 0 aromatic carbocycles. The number of hydrogen-bond acceptors (Lipinski definition) is 3. The molecule has 7 heteroatoms. The Bertz CT molecular complexity index is 443. The highest BCUT2D eigenvalue weighted by molar-refractivity contribution is 5.71. The quantitative estimate of drug-likeness (QED) is 0.820. The maximum absolute atomic E-state index is 13.7. The average molecular weight is 319 g/mol. The van der Waals surface area contributed by atoms with E-state index in [4.69, 9.17) is 9.84 Å². The number of carboxylic acid groups (broad SMARTS) is 1. The molecule has 2 unspecified atom stereocenters. The van der Waals surface area contributed by atoms with Crippen molar-refractivity contribution in [2.24, 2.45) is 17.8 Å². The van der Waals surface area contributed by atoms with Crippen LogP contribution in [0.4, 0.5) is 13.6 Å². The second-order valence-corrected chi connectivity index (χ2v) is 7.46. The molecule has 0 radical (unpaired) electrons. The number of carbonyl (C=O) groups excluding carboxylic acids is 1. The van der Waals surface area contributed by atoms with E-state index >= 15 is 0 Å². The minimum absolute atomic E-state index is 0.169. The Morgan fingerprint density at radius 1 is 1.18 bits per heavy atom. The van der Waals surface area contributed by atoms with Gasteiger partial charge in [0.2, 0.25) is 5.92 Å². The number of alkyl carbamates (subject to hydrolysis) is 1. The summed E-state index contributed by atoms with van der Waals surface area (Å²) in [6, 6.07) is -0.440. The second kappa shape index (κ2) is 5.66. The summed E-state index contributed by atoms with van der Waals surface area (Å²) < 4.78 is 32.7. The highest BCUT2D eigenvalue weighted by Crippen LogP contribution is 2.49. The molecule has 5 nitrogen and oxygen atoms in total. The number of alkyl halides is 2. The van der Waals surface area contributed by atoms with E-state index in [0.29, 0.717) is 0 Å². The predicted octanol–water partition coefficient (Wildman–Crippen LogP) is 3.04. The fourth-order valence-electron chi connectivity index (χ4n) is 3.66. The molecule has 2 atom stereocenters. The lowest BCUT2D eigenvalue weighted by Crippen LogP contribution is -2.56. The first-order valence-electron chi connectivity index (χ1n) is 7.57. The first-order chi connectivity index (χ1) is 9.97. The fourth-order valence-corrected chi connectivity index (χ4v) is 3.66. The minimum Gasteiger partial charge on any atom is -0.481 e. The van der Waals surface area contributed by atoms with Gasteiger partial charge in [0.15, 0.2) is 0 Å². The number of nitrogens with one attached hydrogen (secondary N) is 1. The normalized spacial score (nSPS) is 33.9. The highest BCUT2D eigenvalue weighted by Gasteiger charge is 2.52. The molecule has 2 aliphatic carbocycles. The molecule has 0 saturated heterocycles. The van der Waals surface area contributed by atoms with Crippen LogP contribution in [0.2, 0.25) is 0 Å². The number of fused-ring (bicyclic) bond motifs is 2. The van der Waals surface area contributed by atoms with Crippen molar-refractivity contribution in [2.45, 2.75) is 64.0 Å². The zero-order valence-electron chi connectivity index (χ0n) is 13.1. The number of aliphatic carboxylic acids is 1. The number of hydrogen-bond donors (Lipinski definition) is 2. The molecule has 0 heterocycles. The van der Waals surface area contributed by atoms with Crippen molar-refractivity contribution in [1.29, 1.82) is 0 Å². The summed E-state index contributed by atoms with van der Waals surface area (Å²) in [5.74, 6) is -5.41. The van der Waals surface area contributed by atoms with E-state index in [-0.39, 0.29) is 25.7 Å². The van der Waals surface area contributed by atoms with E-state index in [0.717, 1.165) is 0 Å². The molecular weight excluding hydrogens is 296 g/mol. The van der Waals surface area contributed by atoms with Crippen LogP contribution in [0.15, 0.2) is 0 Å². The summed E-state index contributed by atoms with van der Waals surface area (Å²) >= 11 is 0. The van der Waals surface area contributed by atoms with Gasteiger partial charge in [-0.3, -0.25) is 4.79 Å². The average Bonchev–Trinajstić information content (AvgIpc) is 2.26. The van der Waals surface area contributed by atoms with Crippen molar-refractivity contribution >= 4 is 12.1 Å². The number of carbonyl (C=O) groups is 2. The van der Waals surface area contributed by atoms with E-state index in [2.05, 4.69) is 5.32 Å². The predicted molar refractivity (Wildman–Crippen MR) is 74.7 cm³/mol. The molecule has 0 aliphatic heterocycles. The molecule has 2 saturated carbocycles. The Morgan fingerprint density at radius 2 is 1.68 bits per heavy atom. The fraction of sp³-hybridized carbons (Fsp3) is 0.867. The molecule has 2 aliphatic rings. The van der Waals surface area contributed by atoms with Crippen LogP contribution in [0.5, 0.6) is 0 Å². The van der Waals surface area contributed by atoms with E-state index in [9.17, 15) is 18.4 Å². The Kier molecular flexibility index (Phi) is 4.37. The van der Waals surface area contributed by atoms with Crippen LogP contribution in [0.1, 0.15) is 46.5 Å². The van der Waals surface area contributed by atoms with Gasteiger partial charge in [0.05, 0.1) is 5.92 Å². The highest BCUT2D eigenvalue weighted by atomic mass is 19.3. The lowest BCUT2D eigenvalue weighted by atomic mass is 9.63. The van der Waals surface area contributed by atoms with Gasteiger partial charge in [-0.1, -0.05) is 0 Å². The number of carboxylic acids is 1. The Balaban J connectivity index is 2.09. The van der Waals surface area contributed by atoms with Gasteiger partial charge in [-0.15, -0.1) is 0 Å². The molecule has 0 aromatic rings. The van der Waals surface area contributed by atoms with Crippen molar-refractivity contribution in [3.05, 3.63) is 0 Å². The third-order valence-electron chi connectivity index (χ3n) is 4.34. The van der Waals surface area contributed by atoms with Crippen molar-refractivity contribution in [3.63, 3.8) is 0 Å². The molecule has 0 spiro atoms. The zero-order chi connectivity index (χ0) is 16.7. The molecule has 22 heavy (non-hydrogen) atoms. The molecule has 2 bridgehead atoms. The van der Waals surface area contributed by atoms with Crippen LogP contribution in [-0.4, -0.2) is 34.7 Å². The Hall–Kier alpha value is -1.40. The zero-order valence-corrected chi connectivity index (χ0v) is 13.1. The smallest absolute Gasteiger partial charge is 0.407 e. The standard InChI is InChI=1S/C15H23F2NO4/c1-14(2,3)22-13(21)18-11-9-4-8(12(19)20)5-10(11)7-15(16,17)6-9/h8-11H,4-7H2,1-3H3,(H,18,21)(H,19,20).